The first-order valence-electron chi connectivity index (χ1n) is 11.1. The Bertz CT molecular complexity index is 1280. The number of nitrogens with zero attached hydrogens (tertiary/aromatic N) is 5. The van der Waals surface area contributed by atoms with E-state index in [9.17, 15) is 4.79 Å². The summed E-state index contributed by atoms with van der Waals surface area (Å²) in [6, 6.07) is 17.8. The van der Waals surface area contributed by atoms with E-state index in [2.05, 4.69) is 56.4 Å². The van der Waals surface area contributed by atoms with Gasteiger partial charge in [-0.2, -0.15) is 4.98 Å². The van der Waals surface area contributed by atoms with Gasteiger partial charge >= 0.3 is 0 Å². The van der Waals surface area contributed by atoms with Gasteiger partial charge in [-0.05, 0) is 56.4 Å². The number of carbonyl (C=O) groups is 1. The van der Waals surface area contributed by atoms with Crippen molar-refractivity contribution in [3.8, 4) is 5.82 Å². The number of para-hydroxylation sites is 1. The largest absolute Gasteiger partial charge is 0.370 e. The molecule has 1 fully saturated rings. The average molecular weight is 442 g/mol. The molecule has 0 bridgehead atoms. The number of hydrogen-bond acceptors (Lipinski definition) is 6. The number of aromatic nitrogens is 3. The predicted octanol–water partition coefficient (Wildman–Crippen LogP) is 3.40. The molecule has 0 spiro atoms. The molecule has 2 aromatic heterocycles. The molecule has 8 heteroatoms. The highest BCUT2D eigenvalue weighted by Gasteiger charge is 2.15. The summed E-state index contributed by atoms with van der Waals surface area (Å²) in [5.41, 5.74) is 9.05. The maximum atomic E-state index is 11.9. The van der Waals surface area contributed by atoms with E-state index in [1.54, 1.807) is 12.4 Å². The molecule has 1 saturated heterocycles. The number of hydrogen-bond donors (Lipinski definition) is 2. The SMILES string of the molecule is CN1CCCN(c2ccc(Nc3nccc(-n4cc(C(N)=O)c5ccccc54)n3)cc2)CC1. The number of primary amides is 1. The minimum atomic E-state index is -0.464. The van der Waals surface area contributed by atoms with Crippen molar-refractivity contribution >= 4 is 34.1 Å². The van der Waals surface area contributed by atoms with E-state index in [0.29, 0.717) is 17.3 Å². The number of nitrogens with two attached hydrogens (primary N) is 1. The maximum Gasteiger partial charge on any atom is 0.250 e. The van der Waals surface area contributed by atoms with E-state index >= 15 is 0 Å². The molecular formula is C25H27N7O. The van der Waals surface area contributed by atoms with Gasteiger partial charge < -0.3 is 25.4 Å². The van der Waals surface area contributed by atoms with Crippen molar-refractivity contribution < 1.29 is 4.79 Å². The van der Waals surface area contributed by atoms with Crippen molar-refractivity contribution in [2.24, 2.45) is 5.73 Å². The molecule has 33 heavy (non-hydrogen) atoms. The monoisotopic (exact) mass is 441 g/mol. The normalized spacial score (nSPS) is 14.9. The van der Waals surface area contributed by atoms with Gasteiger partial charge in [0.25, 0.3) is 5.91 Å². The molecule has 0 radical (unpaired) electrons. The van der Waals surface area contributed by atoms with Crippen molar-refractivity contribution in [3.05, 3.63) is 72.6 Å². The van der Waals surface area contributed by atoms with Crippen molar-refractivity contribution in [1.82, 2.24) is 19.4 Å². The highest BCUT2D eigenvalue weighted by Crippen LogP contribution is 2.25. The lowest BCUT2D eigenvalue weighted by Gasteiger charge is -2.23. The van der Waals surface area contributed by atoms with Crippen LogP contribution in [-0.4, -0.2) is 58.6 Å². The Morgan fingerprint density at radius 1 is 1.00 bits per heavy atom. The third-order valence-electron chi connectivity index (χ3n) is 6.07. The molecule has 0 aliphatic carbocycles. The molecule has 1 aliphatic heterocycles. The molecule has 0 unspecified atom stereocenters. The van der Waals surface area contributed by atoms with E-state index in [4.69, 9.17) is 5.73 Å². The molecule has 4 aromatic rings. The van der Waals surface area contributed by atoms with Crippen LogP contribution in [0.15, 0.2) is 67.0 Å². The van der Waals surface area contributed by atoms with E-state index < -0.39 is 5.91 Å². The highest BCUT2D eigenvalue weighted by molar-refractivity contribution is 6.06. The van der Waals surface area contributed by atoms with Crippen LogP contribution in [0.2, 0.25) is 0 Å². The number of rotatable bonds is 5. The quantitative estimate of drug-likeness (QED) is 0.493. The number of anilines is 3. The second-order valence-electron chi connectivity index (χ2n) is 8.35. The molecule has 3 heterocycles. The number of amides is 1. The van der Waals surface area contributed by atoms with Gasteiger partial charge in [-0.3, -0.25) is 4.79 Å². The topological polar surface area (TPSA) is 92.3 Å². The Hall–Kier alpha value is -3.91. The zero-order chi connectivity index (χ0) is 22.8. The van der Waals surface area contributed by atoms with Gasteiger partial charge in [-0.25, -0.2) is 4.98 Å². The van der Waals surface area contributed by atoms with Crippen LogP contribution in [0.1, 0.15) is 16.8 Å². The summed E-state index contributed by atoms with van der Waals surface area (Å²) in [5, 5.41) is 4.09. The van der Waals surface area contributed by atoms with Crippen molar-refractivity contribution in [1.29, 1.82) is 0 Å². The zero-order valence-corrected chi connectivity index (χ0v) is 18.6. The van der Waals surface area contributed by atoms with Gasteiger partial charge in [-0.1, -0.05) is 18.2 Å². The molecule has 2 aromatic carbocycles. The molecule has 1 amide bonds. The summed E-state index contributed by atoms with van der Waals surface area (Å²) in [5.74, 6) is 0.671. The maximum absolute atomic E-state index is 11.9. The van der Waals surface area contributed by atoms with Crippen LogP contribution in [0.25, 0.3) is 16.7 Å². The summed E-state index contributed by atoms with van der Waals surface area (Å²) in [6.07, 6.45) is 4.60. The molecule has 5 rings (SSSR count). The number of likely N-dealkylation sites (N-methyl/N-ethyl adjacent to an activating group) is 1. The fraction of sp³-hybridized carbons (Fsp3) is 0.240. The van der Waals surface area contributed by atoms with Crippen molar-refractivity contribution in [2.45, 2.75) is 6.42 Å². The summed E-state index contributed by atoms with van der Waals surface area (Å²) < 4.78 is 1.86. The molecule has 1 aliphatic rings. The second-order valence-corrected chi connectivity index (χ2v) is 8.35. The van der Waals surface area contributed by atoms with Gasteiger partial charge in [0.15, 0.2) is 0 Å². The Morgan fingerprint density at radius 2 is 1.82 bits per heavy atom. The van der Waals surface area contributed by atoms with Crippen LogP contribution in [0, 0.1) is 0 Å². The lowest BCUT2D eigenvalue weighted by Crippen LogP contribution is -2.28. The summed E-state index contributed by atoms with van der Waals surface area (Å²) in [6.45, 7) is 4.32. The third-order valence-corrected chi connectivity index (χ3v) is 6.07. The Kier molecular flexibility index (Phi) is 5.66. The number of carbonyl (C=O) groups excluding carboxylic acids is 1. The van der Waals surface area contributed by atoms with Crippen LogP contribution in [0.4, 0.5) is 17.3 Å². The first kappa shape index (κ1) is 21.0. The van der Waals surface area contributed by atoms with E-state index in [-0.39, 0.29) is 0 Å². The Labute approximate surface area is 192 Å². The average Bonchev–Trinajstić information content (AvgIpc) is 3.09. The van der Waals surface area contributed by atoms with Gasteiger partial charge in [0, 0.05) is 48.8 Å². The van der Waals surface area contributed by atoms with Gasteiger partial charge in [0.1, 0.15) is 5.82 Å². The van der Waals surface area contributed by atoms with Gasteiger partial charge in [0.05, 0.1) is 11.1 Å². The Morgan fingerprint density at radius 3 is 2.64 bits per heavy atom. The first-order valence-corrected chi connectivity index (χ1v) is 11.1. The van der Waals surface area contributed by atoms with Crippen LogP contribution in [-0.2, 0) is 0 Å². The predicted molar refractivity (Wildman–Crippen MR) is 131 cm³/mol. The molecule has 168 valence electrons. The second kappa shape index (κ2) is 8.91. The lowest BCUT2D eigenvalue weighted by molar-refractivity contribution is 0.100. The number of benzene rings is 2. The molecule has 3 N–H and O–H groups in total. The summed E-state index contributed by atoms with van der Waals surface area (Å²) in [7, 11) is 2.18. The minimum absolute atomic E-state index is 0.464. The van der Waals surface area contributed by atoms with E-state index in [1.165, 1.54) is 12.1 Å². The van der Waals surface area contributed by atoms with Crippen molar-refractivity contribution in [3.63, 3.8) is 0 Å². The minimum Gasteiger partial charge on any atom is -0.370 e. The fourth-order valence-electron chi connectivity index (χ4n) is 4.30. The molecule has 0 atom stereocenters. The van der Waals surface area contributed by atoms with Gasteiger partial charge in [0.2, 0.25) is 5.95 Å². The van der Waals surface area contributed by atoms with Crippen LogP contribution in [0.5, 0.6) is 0 Å². The standard InChI is InChI=1S/C25H27N7O/c1-30-13-4-14-31(16-15-30)19-9-7-18(8-10-19)28-25-27-12-11-23(29-25)32-17-21(24(26)33)20-5-2-3-6-22(20)32/h2-3,5-12,17H,4,13-16H2,1H3,(H2,26,33)(H,27,28,29). The Balaban J connectivity index is 1.37. The van der Waals surface area contributed by atoms with E-state index in [1.807, 2.05) is 34.9 Å². The lowest BCUT2D eigenvalue weighted by atomic mass is 10.2. The number of fused-ring (bicyclic) bond motifs is 1. The zero-order valence-electron chi connectivity index (χ0n) is 18.6. The summed E-state index contributed by atoms with van der Waals surface area (Å²) >= 11 is 0. The summed E-state index contributed by atoms with van der Waals surface area (Å²) in [4.78, 5) is 25.7. The van der Waals surface area contributed by atoms with Crippen LogP contribution < -0.4 is 16.0 Å². The van der Waals surface area contributed by atoms with E-state index in [0.717, 1.165) is 42.8 Å². The van der Waals surface area contributed by atoms with Crippen molar-refractivity contribution in [2.75, 3.05) is 43.4 Å². The molecular weight excluding hydrogens is 414 g/mol. The fourth-order valence-corrected chi connectivity index (χ4v) is 4.30. The van der Waals surface area contributed by atoms with Gasteiger partial charge in [-0.15, -0.1) is 0 Å². The number of nitrogens with one attached hydrogen (secondary N) is 1. The smallest absolute Gasteiger partial charge is 0.250 e. The van der Waals surface area contributed by atoms with Crippen LogP contribution in [0.3, 0.4) is 0 Å². The third kappa shape index (κ3) is 4.38. The highest BCUT2D eigenvalue weighted by atomic mass is 16.1. The molecule has 0 saturated carbocycles. The van der Waals surface area contributed by atoms with Crippen LogP contribution >= 0.6 is 0 Å². The first-order chi connectivity index (χ1) is 16.1. The molecule has 8 nitrogen and oxygen atoms in total.